The SMILES string of the molecule is COC1C[C@H](C)O1. The van der Waals surface area contributed by atoms with E-state index in [1.54, 1.807) is 7.11 Å². The van der Waals surface area contributed by atoms with Crippen LogP contribution in [0.2, 0.25) is 0 Å². The summed E-state index contributed by atoms with van der Waals surface area (Å²) in [5.74, 6) is 0. The third-order valence-electron chi connectivity index (χ3n) is 1.17. The maximum absolute atomic E-state index is 5.07. The van der Waals surface area contributed by atoms with Gasteiger partial charge in [-0.05, 0) is 6.92 Å². The first-order chi connectivity index (χ1) is 3.33. The van der Waals surface area contributed by atoms with Crippen LogP contribution in [-0.4, -0.2) is 19.5 Å². The first kappa shape index (κ1) is 5.06. The van der Waals surface area contributed by atoms with Crippen molar-refractivity contribution in [3.63, 3.8) is 0 Å². The monoisotopic (exact) mass is 102 g/mol. The predicted octanol–water partition coefficient (Wildman–Crippen LogP) is 0.768. The Kier molecular flexibility index (Phi) is 1.30. The van der Waals surface area contributed by atoms with Crippen LogP contribution in [0.3, 0.4) is 0 Å². The lowest BCUT2D eigenvalue weighted by Gasteiger charge is -2.31. The molecule has 42 valence electrons. The summed E-state index contributed by atoms with van der Waals surface area (Å²) in [6.07, 6.45) is 1.57. The van der Waals surface area contributed by atoms with Crippen molar-refractivity contribution >= 4 is 0 Å². The number of hydrogen-bond acceptors (Lipinski definition) is 2. The molecular weight excluding hydrogens is 92.1 g/mol. The van der Waals surface area contributed by atoms with Gasteiger partial charge in [-0.3, -0.25) is 0 Å². The summed E-state index contributed by atoms with van der Waals surface area (Å²) in [7, 11) is 1.66. The quantitative estimate of drug-likeness (QED) is 0.486. The molecule has 0 aromatic heterocycles. The van der Waals surface area contributed by atoms with Crippen LogP contribution >= 0.6 is 0 Å². The highest BCUT2D eigenvalue weighted by atomic mass is 16.7. The summed E-state index contributed by atoms with van der Waals surface area (Å²) in [5.41, 5.74) is 0. The Hall–Kier alpha value is -0.0800. The molecular formula is C5H10O2. The zero-order valence-electron chi connectivity index (χ0n) is 4.68. The molecule has 1 heterocycles. The lowest BCUT2D eigenvalue weighted by Crippen LogP contribution is -2.36. The van der Waals surface area contributed by atoms with Crippen LogP contribution in [0.4, 0.5) is 0 Å². The highest BCUT2D eigenvalue weighted by Gasteiger charge is 2.24. The molecule has 1 rings (SSSR count). The van der Waals surface area contributed by atoms with E-state index in [0.717, 1.165) is 6.42 Å². The van der Waals surface area contributed by atoms with E-state index in [-0.39, 0.29) is 6.29 Å². The van der Waals surface area contributed by atoms with Gasteiger partial charge in [0, 0.05) is 13.5 Å². The van der Waals surface area contributed by atoms with Crippen molar-refractivity contribution in [2.75, 3.05) is 7.11 Å². The van der Waals surface area contributed by atoms with Crippen LogP contribution in [0.25, 0.3) is 0 Å². The van der Waals surface area contributed by atoms with E-state index in [9.17, 15) is 0 Å². The number of methoxy groups -OCH3 is 1. The van der Waals surface area contributed by atoms with E-state index >= 15 is 0 Å². The molecule has 0 amide bonds. The molecule has 0 N–H and O–H groups in total. The predicted molar refractivity (Wildman–Crippen MR) is 26.0 cm³/mol. The molecule has 7 heavy (non-hydrogen) atoms. The van der Waals surface area contributed by atoms with E-state index in [2.05, 4.69) is 0 Å². The molecule has 0 spiro atoms. The van der Waals surface area contributed by atoms with E-state index in [4.69, 9.17) is 9.47 Å². The first-order valence-electron chi connectivity index (χ1n) is 2.51. The molecule has 1 saturated heterocycles. The molecule has 0 bridgehead atoms. The van der Waals surface area contributed by atoms with Crippen molar-refractivity contribution < 1.29 is 9.47 Å². The molecule has 2 nitrogen and oxygen atoms in total. The van der Waals surface area contributed by atoms with Crippen LogP contribution in [0, 0.1) is 0 Å². The van der Waals surface area contributed by atoms with Gasteiger partial charge in [0.05, 0.1) is 6.10 Å². The van der Waals surface area contributed by atoms with Gasteiger partial charge in [-0.15, -0.1) is 0 Å². The first-order valence-corrected chi connectivity index (χ1v) is 2.51. The maximum Gasteiger partial charge on any atom is 0.160 e. The van der Waals surface area contributed by atoms with Crippen LogP contribution in [0.1, 0.15) is 13.3 Å². The van der Waals surface area contributed by atoms with E-state index in [0.29, 0.717) is 6.10 Å². The number of rotatable bonds is 1. The summed E-state index contributed by atoms with van der Waals surface area (Å²) in [6.45, 7) is 2.04. The molecule has 0 aliphatic carbocycles. The van der Waals surface area contributed by atoms with Crippen molar-refractivity contribution in [1.29, 1.82) is 0 Å². The summed E-state index contributed by atoms with van der Waals surface area (Å²) in [6, 6.07) is 0. The average Bonchev–Trinajstić information content (AvgIpc) is 1.58. The van der Waals surface area contributed by atoms with Crippen LogP contribution in [-0.2, 0) is 9.47 Å². The van der Waals surface area contributed by atoms with Gasteiger partial charge in [-0.25, -0.2) is 0 Å². The van der Waals surface area contributed by atoms with Gasteiger partial charge in [0.1, 0.15) is 0 Å². The number of ether oxygens (including phenoxy) is 2. The smallest absolute Gasteiger partial charge is 0.160 e. The van der Waals surface area contributed by atoms with Gasteiger partial charge >= 0.3 is 0 Å². The largest absolute Gasteiger partial charge is 0.356 e. The van der Waals surface area contributed by atoms with Gasteiger partial charge in [0.25, 0.3) is 0 Å². The highest BCUT2D eigenvalue weighted by molar-refractivity contribution is 4.64. The number of hydrogen-bond donors (Lipinski definition) is 0. The Morgan fingerprint density at radius 1 is 1.71 bits per heavy atom. The minimum Gasteiger partial charge on any atom is -0.356 e. The minimum atomic E-state index is 0.0926. The average molecular weight is 102 g/mol. The third-order valence-corrected chi connectivity index (χ3v) is 1.17. The fourth-order valence-corrected chi connectivity index (χ4v) is 0.671. The Morgan fingerprint density at radius 2 is 2.29 bits per heavy atom. The lowest BCUT2D eigenvalue weighted by atomic mass is 10.2. The summed E-state index contributed by atoms with van der Waals surface area (Å²) in [4.78, 5) is 0. The standard InChI is InChI=1S/C5H10O2/c1-4-3-5(6-2)7-4/h4-5H,3H2,1-2H3/t4-,5?/m0/s1. The molecule has 0 aromatic rings. The van der Waals surface area contributed by atoms with Crippen LogP contribution < -0.4 is 0 Å². The minimum absolute atomic E-state index is 0.0926. The Morgan fingerprint density at radius 3 is 2.43 bits per heavy atom. The fourth-order valence-electron chi connectivity index (χ4n) is 0.671. The van der Waals surface area contributed by atoms with Crippen molar-refractivity contribution in [1.82, 2.24) is 0 Å². The maximum atomic E-state index is 5.07. The zero-order chi connectivity index (χ0) is 5.28. The van der Waals surface area contributed by atoms with Gasteiger partial charge in [0.15, 0.2) is 6.29 Å². The molecule has 0 radical (unpaired) electrons. The molecule has 2 atom stereocenters. The van der Waals surface area contributed by atoms with Crippen LogP contribution in [0.5, 0.6) is 0 Å². The lowest BCUT2D eigenvalue weighted by molar-refractivity contribution is -0.239. The van der Waals surface area contributed by atoms with E-state index < -0.39 is 0 Å². The Labute approximate surface area is 43.4 Å². The van der Waals surface area contributed by atoms with Gasteiger partial charge < -0.3 is 9.47 Å². The second kappa shape index (κ2) is 1.80. The third kappa shape index (κ3) is 0.924. The molecule has 1 unspecified atom stereocenters. The van der Waals surface area contributed by atoms with Crippen molar-refractivity contribution in [3.05, 3.63) is 0 Å². The van der Waals surface area contributed by atoms with Gasteiger partial charge in [-0.2, -0.15) is 0 Å². The van der Waals surface area contributed by atoms with Crippen molar-refractivity contribution in [2.45, 2.75) is 25.7 Å². The van der Waals surface area contributed by atoms with Gasteiger partial charge in [-0.1, -0.05) is 0 Å². The fraction of sp³-hybridized carbons (Fsp3) is 1.00. The molecule has 0 saturated carbocycles. The molecule has 2 heteroatoms. The second-order valence-corrected chi connectivity index (χ2v) is 1.85. The van der Waals surface area contributed by atoms with E-state index in [1.165, 1.54) is 0 Å². The summed E-state index contributed by atoms with van der Waals surface area (Å²) >= 11 is 0. The van der Waals surface area contributed by atoms with Gasteiger partial charge in [0.2, 0.25) is 0 Å². The van der Waals surface area contributed by atoms with E-state index in [1.807, 2.05) is 6.92 Å². The molecule has 1 aliphatic rings. The molecule has 0 aromatic carbocycles. The van der Waals surface area contributed by atoms with Crippen molar-refractivity contribution in [3.8, 4) is 0 Å². The molecule has 1 fully saturated rings. The topological polar surface area (TPSA) is 18.5 Å². The Balaban J connectivity index is 2.06. The van der Waals surface area contributed by atoms with Crippen molar-refractivity contribution in [2.24, 2.45) is 0 Å². The second-order valence-electron chi connectivity index (χ2n) is 1.85. The summed E-state index contributed by atoms with van der Waals surface area (Å²) < 4.78 is 9.90. The van der Waals surface area contributed by atoms with Crippen LogP contribution in [0.15, 0.2) is 0 Å². The summed E-state index contributed by atoms with van der Waals surface area (Å²) in [5, 5.41) is 0. The highest BCUT2D eigenvalue weighted by Crippen LogP contribution is 2.19. The zero-order valence-corrected chi connectivity index (χ0v) is 4.68. The Bertz CT molecular complexity index is 57.1. The molecule has 1 aliphatic heterocycles. The normalized spacial score (nSPS) is 40.3.